The topological polar surface area (TPSA) is 62.4 Å². The van der Waals surface area contributed by atoms with Gasteiger partial charge in [0.15, 0.2) is 6.10 Å². The van der Waals surface area contributed by atoms with Crippen molar-refractivity contribution in [1.29, 1.82) is 0 Å². The molecule has 1 aliphatic heterocycles. The van der Waals surface area contributed by atoms with E-state index in [0.29, 0.717) is 5.56 Å². The van der Waals surface area contributed by atoms with Gasteiger partial charge >= 0.3 is 5.97 Å². The van der Waals surface area contributed by atoms with Gasteiger partial charge in [-0.05, 0) is 38.0 Å². The highest BCUT2D eigenvalue weighted by Gasteiger charge is 2.34. The maximum absolute atomic E-state index is 12.9. The molecule has 0 fully saturated rings. The first-order valence-electron chi connectivity index (χ1n) is 8.74. The number of benzene rings is 2. The Kier molecular flexibility index (Phi) is 3.99. The average Bonchev–Trinajstić information content (AvgIpc) is 3.21. The van der Waals surface area contributed by atoms with E-state index >= 15 is 0 Å². The molecule has 1 amide bonds. The number of esters is 1. The van der Waals surface area contributed by atoms with Crippen molar-refractivity contribution in [1.82, 2.24) is 4.98 Å². The Morgan fingerprint density at radius 2 is 1.88 bits per heavy atom. The number of amides is 1. The van der Waals surface area contributed by atoms with Crippen molar-refractivity contribution < 1.29 is 14.3 Å². The van der Waals surface area contributed by atoms with E-state index < -0.39 is 12.1 Å². The number of anilines is 1. The molecule has 0 aliphatic carbocycles. The SMILES string of the molecule is C[C@@H]1Cc2ccccc2N1C(=O)[C@@H](C)OC(=O)c1c[nH]c2ccccc12. The van der Waals surface area contributed by atoms with Gasteiger partial charge in [-0.1, -0.05) is 36.4 Å². The third-order valence-corrected chi connectivity index (χ3v) is 4.89. The number of ether oxygens (including phenoxy) is 1. The van der Waals surface area contributed by atoms with E-state index in [-0.39, 0.29) is 11.9 Å². The molecular formula is C21H20N2O3. The van der Waals surface area contributed by atoms with Crippen LogP contribution in [0, 0.1) is 0 Å². The molecule has 5 heteroatoms. The average molecular weight is 348 g/mol. The van der Waals surface area contributed by atoms with Gasteiger partial charge < -0.3 is 14.6 Å². The van der Waals surface area contributed by atoms with Crippen LogP contribution in [0.4, 0.5) is 5.69 Å². The fourth-order valence-corrected chi connectivity index (χ4v) is 3.61. The molecule has 3 aromatic rings. The van der Waals surface area contributed by atoms with Gasteiger partial charge in [0, 0.05) is 28.8 Å². The van der Waals surface area contributed by atoms with Crippen LogP contribution in [0.1, 0.15) is 29.8 Å². The van der Waals surface area contributed by atoms with Gasteiger partial charge in [0.2, 0.25) is 0 Å². The number of hydrogen-bond acceptors (Lipinski definition) is 3. The number of rotatable bonds is 3. The lowest BCUT2D eigenvalue weighted by Gasteiger charge is -2.25. The number of hydrogen-bond donors (Lipinski definition) is 1. The molecule has 0 unspecified atom stereocenters. The van der Waals surface area contributed by atoms with E-state index in [9.17, 15) is 9.59 Å². The summed E-state index contributed by atoms with van der Waals surface area (Å²) in [5, 5.41) is 0.789. The Balaban J connectivity index is 1.54. The molecule has 0 saturated carbocycles. The molecule has 1 aliphatic rings. The van der Waals surface area contributed by atoms with Gasteiger partial charge in [0.05, 0.1) is 5.56 Å². The summed E-state index contributed by atoms with van der Waals surface area (Å²) in [5.41, 5.74) is 3.35. The van der Waals surface area contributed by atoms with Crippen molar-refractivity contribution in [2.45, 2.75) is 32.4 Å². The zero-order chi connectivity index (χ0) is 18.3. The van der Waals surface area contributed by atoms with Crippen LogP contribution in [-0.4, -0.2) is 29.0 Å². The Morgan fingerprint density at radius 1 is 1.15 bits per heavy atom. The van der Waals surface area contributed by atoms with E-state index in [1.807, 2.05) is 55.5 Å². The van der Waals surface area contributed by atoms with Gasteiger partial charge in [0.1, 0.15) is 0 Å². The van der Waals surface area contributed by atoms with E-state index in [2.05, 4.69) is 4.98 Å². The first-order chi connectivity index (χ1) is 12.6. The Bertz CT molecular complexity index is 992. The number of nitrogens with one attached hydrogen (secondary N) is 1. The molecule has 132 valence electrons. The second-order valence-electron chi connectivity index (χ2n) is 6.69. The second kappa shape index (κ2) is 6.33. The van der Waals surface area contributed by atoms with E-state index in [0.717, 1.165) is 28.6 Å². The number of carbonyl (C=O) groups excluding carboxylic acids is 2. The number of aromatic nitrogens is 1. The molecule has 1 aromatic heterocycles. The van der Waals surface area contributed by atoms with E-state index in [1.54, 1.807) is 18.0 Å². The highest BCUT2D eigenvalue weighted by Crippen LogP contribution is 2.32. The lowest BCUT2D eigenvalue weighted by Crippen LogP contribution is -2.43. The lowest BCUT2D eigenvalue weighted by atomic mass is 10.1. The van der Waals surface area contributed by atoms with Gasteiger partial charge in [0.25, 0.3) is 5.91 Å². The minimum absolute atomic E-state index is 0.0501. The molecule has 2 heterocycles. The van der Waals surface area contributed by atoms with Gasteiger partial charge in [-0.15, -0.1) is 0 Å². The first kappa shape index (κ1) is 16.4. The second-order valence-corrected chi connectivity index (χ2v) is 6.69. The van der Waals surface area contributed by atoms with Crippen LogP contribution in [0.3, 0.4) is 0 Å². The quantitative estimate of drug-likeness (QED) is 0.734. The van der Waals surface area contributed by atoms with Gasteiger partial charge in [-0.2, -0.15) is 0 Å². The number of nitrogens with zero attached hydrogens (tertiary/aromatic N) is 1. The van der Waals surface area contributed by atoms with Crippen molar-refractivity contribution in [2.24, 2.45) is 0 Å². The molecule has 5 nitrogen and oxygen atoms in total. The molecule has 0 spiro atoms. The number of aromatic amines is 1. The summed E-state index contributed by atoms with van der Waals surface area (Å²) in [4.78, 5) is 30.3. The monoisotopic (exact) mass is 348 g/mol. The number of H-pyrrole nitrogens is 1. The van der Waals surface area contributed by atoms with Crippen LogP contribution >= 0.6 is 0 Å². The molecule has 26 heavy (non-hydrogen) atoms. The van der Waals surface area contributed by atoms with E-state index in [4.69, 9.17) is 4.74 Å². The fraction of sp³-hybridized carbons (Fsp3) is 0.238. The smallest absolute Gasteiger partial charge is 0.341 e. The molecular weight excluding hydrogens is 328 g/mol. The summed E-state index contributed by atoms with van der Waals surface area (Å²) in [5.74, 6) is -0.695. The summed E-state index contributed by atoms with van der Waals surface area (Å²) < 4.78 is 5.49. The molecule has 0 bridgehead atoms. The van der Waals surface area contributed by atoms with Crippen LogP contribution < -0.4 is 4.90 Å². The largest absolute Gasteiger partial charge is 0.449 e. The zero-order valence-corrected chi connectivity index (χ0v) is 14.7. The summed E-state index contributed by atoms with van der Waals surface area (Å²) >= 11 is 0. The van der Waals surface area contributed by atoms with Gasteiger partial charge in [-0.25, -0.2) is 4.79 Å². The molecule has 0 saturated heterocycles. The number of carbonyl (C=O) groups is 2. The normalized spacial score (nSPS) is 17.2. The van der Waals surface area contributed by atoms with Crippen LogP contribution in [0.2, 0.25) is 0 Å². The zero-order valence-electron chi connectivity index (χ0n) is 14.7. The number of para-hydroxylation sites is 2. The molecule has 2 aromatic carbocycles. The van der Waals surface area contributed by atoms with Crippen molar-refractivity contribution in [3.8, 4) is 0 Å². The minimum Gasteiger partial charge on any atom is -0.449 e. The van der Waals surface area contributed by atoms with E-state index in [1.165, 1.54) is 0 Å². The molecule has 2 atom stereocenters. The summed E-state index contributed by atoms with van der Waals surface area (Å²) in [6.07, 6.45) is 1.58. The number of fused-ring (bicyclic) bond motifs is 2. The van der Waals surface area contributed by atoms with Crippen LogP contribution in [0.15, 0.2) is 54.7 Å². The van der Waals surface area contributed by atoms with Crippen LogP contribution in [-0.2, 0) is 16.0 Å². The standard InChI is InChI=1S/C21H20N2O3/c1-13-11-15-7-3-6-10-19(15)23(13)20(24)14(2)26-21(25)17-12-22-18-9-5-4-8-16(17)18/h3-10,12-14,22H,11H2,1-2H3/t13-,14-/m1/s1. The highest BCUT2D eigenvalue weighted by molar-refractivity contribution is 6.06. The van der Waals surface area contributed by atoms with Gasteiger partial charge in [-0.3, -0.25) is 4.79 Å². The minimum atomic E-state index is -0.857. The Labute approximate surface area is 151 Å². The Hall–Kier alpha value is -3.08. The van der Waals surface area contributed by atoms with Crippen LogP contribution in [0.25, 0.3) is 10.9 Å². The predicted molar refractivity (Wildman–Crippen MR) is 100 cm³/mol. The summed E-state index contributed by atoms with van der Waals surface area (Å²) in [6, 6.07) is 15.4. The maximum Gasteiger partial charge on any atom is 0.341 e. The third-order valence-electron chi connectivity index (χ3n) is 4.89. The first-order valence-corrected chi connectivity index (χ1v) is 8.74. The summed E-state index contributed by atoms with van der Waals surface area (Å²) in [6.45, 7) is 3.63. The summed E-state index contributed by atoms with van der Waals surface area (Å²) in [7, 11) is 0. The van der Waals surface area contributed by atoms with Crippen molar-refractivity contribution in [3.63, 3.8) is 0 Å². The van der Waals surface area contributed by atoms with Crippen molar-refractivity contribution in [2.75, 3.05) is 4.90 Å². The van der Waals surface area contributed by atoms with Crippen LogP contribution in [0.5, 0.6) is 0 Å². The molecule has 1 N–H and O–H groups in total. The lowest BCUT2D eigenvalue weighted by molar-refractivity contribution is -0.126. The predicted octanol–water partition coefficient (Wildman–Crippen LogP) is 3.69. The fourth-order valence-electron chi connectivity index (χ4n) is 3.61. The molecule has 4 rings (SSSR count). The highest BCUT2D eigenvalue weighted by atomic mass is 16.5. The molecule has 0 radical (unpaired) electrons. The maximum atomic E-state index is 12.9. The van der Waals surface area contributed by atoms with Crippen molar-refractivity contribution in [3.05, 3.63) is 65.9 Å². The third kappa shape index (κ3) is 2.65. The Morgan fingerprint density at radius 3 is 2.73 bits per heavy atom. The van der Waals surface area contributed by atoms with Crippen molar-refractivity contribution >= 4 is 28.5 Å².